The van der Waals surface area contributed by atoms with Crippen LogP contribution in [0.25, 0.3) is 0 Å². The van der Waals surface area contributed by atoms with Crippen molar-refractivity contribution >= 4 is 5.78 Å². The Labute approximate surface area is 102 Å². The number of aryl methyl sites for hydroxylation is 1. The molecule has 96 valence electrons. The Balaban J connectivity index is 2.98. The van der Waals surface area contributed by atoms with Gasteiger partial charge in [0.2, 0.25) is 5.78 Å². The van der Waals surface area contributed by atoms with E-state index in [4.69, 9.17) is 4.74 Å². The van der Waals surface area contributed by atoms with E-state index in [-0.39, 0.29) is 11.2 Å². The number of nitrogens with zero attached hydrogens (tertiary/aromatic N) is 3. The van der Waals surface area contributed by atoms with Crippen molar-refractivity contribution in [3.05, 3.63) is 11.9 Å². The van der Waals surface area contributed by atoms with Crippen molar-refractivity contribution in [2.45, 2.75) is 46.8 Å². The van der Waals surface area contributed by atoms with Crippen LogP contribution in [0.15, 0.2) is 6.20 Å². The Bertz CT molecular complexity index is 379. The van der Waals surface area contributed by atoms with Crippen LogP contribution in [-0.2, 0) is 11.3 Å². The van der Waals surface area contributed by atoms with E-state index in [1.807, 2.05) is 27.7 Å². The van der Waals surface area contributed by atoms with Crippen LogP contribution >= 0.6 is 0 Å². The lowest BCUT2D eigenvalue weighted by molar-refractivity contribution is 0.0187. The summed E-state index contributed by atoms with van der Waals surface area (Å²) in [6.07, 6.45) is 1.95. The van der Waals surface area contributed by atoms with Gasteiger partial charge in [-0.05, 0) is 11.8 Å². The first-order chi connectivity index (χ1) is 7.91. The molecular weight excluding hydrogens is 218 g/mol. The molecule has 0 fully saturated rings. The van der Waals surface area contributed by atoms with Crippen LogP contribution in [0.5, 0.6) is 0 Å². The summed E-state index contributed by atoms with van der Waals surface area (Å²) in [5.74, 6) is -0.0570. The van der Waals surface area contributed by atoms with Gasteiger partial charge in [0.1, 0.15) is 11.8 Å². The number of methoxy groups -OCH3 is 1. The highest BCUT2D eigenvalue weighted by atomic mass is 16.5. The molecule has 5 heteroatoms. The van der Waals surface area contributed by atoms with Gasteiger partial charge in [0.25, 0.3) is 0 Å². The van der Waals surface area contributed by atoms with E-state index >= 15 is 0 Å². The lowest BCUT2D eigenvalue weighted by atomic mass is 9.85. The third-order valence-electron chi connectivity index (χ3n) is 2.57. The number of hydrogen-bond donors (Lipinski definition) is 0. The lowest BCUT2D eigenvalue weighted by Crippen LogP contribution is -2.37. The Kier molecular flexibility index (Phi) is 4.40. The molecule has 1 aromatic heterocycles. The molecule has 0 bridgehead atoms. The molecule has 17 heavy (non-hydrogen) atoms. The first-order valence-electron chi connectivity index (χ1n) is 5.87. The van der Waals surface area contributed by atoms with Gasteiger partial charge in [0.05, 0.1) is 6.20 Å². The predicted molar refractivity (Wildman–Crippen MR) is 64.9 cm³/mol. The lowest BCUT2D eigenvalue weighted by Gasteiger charge is -2.27. The average molecular weight is 239 g/mol. The molecule has 0 aliphatic carbocycles. The SMILES string of the molecule is CCCn1nncc1C(=O)C(OC)C(C)(C)C. The Hall–Kier alpha value is -1.23. The van der Waals surface area contributed by atoms with Gasteiger partial charge in [0.15, 0.2) is 0 Å². The number of Topliss-reactive ketones (excluding diaryl/α,β-unsaturated/α-hetero) is 1. The third-order valence-corrected chi connectivity index (χ3v) is 2.57. The highest BCUT2D eigenvalue weighted by molar-refractivity contribution is 5.98. The largest absolute Gasteiger partial charge is 0.373 e. The molecule has 0 saturated carbocycles. The second-order valence-corrected chi connectivity index (χ2v) is 5.19. The van der Waals surface area contributed by atoms with Crippen LogP contribution in [0.3, 0.4) is 0 Å². The average Bonchev–Trinajstić information content (AvgIpc) is 2.65. The van der Waals surface area contributed by atoms with Gasteiger partial charge in [-0.1, -0.05) is 32.9 Å². The van der Waals surface area contributed by atoms with Gasteiger partial charge in [-0.2, -0.15) is 0 Å². The minimum absolute atomic E-state index is 0.0570. The summed E-state index contributed by atoms with van der Waals surface area (Å²) in [7, 11) is 1.56. The Morgan fingerprint density at radius 3 is 2.65 bits per heavy atom. The second-order valence-electron chi connectivity index (χ2n) is 5.19. The molecule has 0 aliphatic rings. The third kappa shape index (κ3) is 3.12. The van der Waals surface area contributed by atoms with E-state index in [1.54, 1.807) is 11.8 Å². The van der Waals surface area contributed by atoms with Crippen molar-refractivity contribution in [3.63, 3.8) is 0 Å². The number of rotatable bonds is 5. The van der Waals surface area contributed by atoms with Crippen molar-refractivity contribution in [3.8, 4) is 0 Å². The van der Waals surface area contributed by atoms with E-state index in [2.05, 4.69) is 10.3 Å². The molecule has 0 N–H and O–H groups in total. The topological polar surface area (TPSA) is 57.0 Å². The summed E-state index contributed by atoms with van der Waals surface area (Å²) in [5, 5.41) is 7.71. The van der Waals surface area contributed by atoms with E-state index in [1.165, 1.54) is 6.20 Å². The van der Waals surface area contributed by atoms with Crippen LogP contribution < -0.4 is 0 Å². The Morgan fingerprint density at radius 2 is 2.18 bits per heavy atom. The van der Waals surface area contributed by atoms with E-state index < -0.39 is 6.10 Å². The summed E-state index contributed by atoms with van der Waals surface area (Å²) in [5.41, 5.74) is 0.279. The summed E-state index contributed by atoms with van der Waals surface area (Å²) >= 11 is 0. The zero-order chi connectivity index (χ0) is 13.1. The van der Waals surface area contributed by atoms with E-state index in [9.17, 15) is 4.79 Å². The van der Waals surface area contributed by atoms with Crippen molar-refractivity contribution in [1.82, 2.24) is 15.0 Å². The number of carbonyl (C=O) groups excluding carboxylic acids is 1. The quantitative estimate of drug-likeness (QED) is 0.737. The number of aromatic nitrogens is 3. The molecule has 1 atom stereocenters. The van der Waals surface area contributed by atoms with Crippen molar-refractivity contribution in [2.24, 2.45) is 5.41 Å². The fourth-order valence-electron chi connectivity index (χ4n) is 1.81. The molecule has 0 aromatic carbocycles. The minimum atomic E-state index is -0.475. The van der Waals surface area contributed by atoms with Crippen molar-refractivity contribution < 1.29 is 9.53 Å². The fraction of sp³-hybridized carbons (Fsp3) is 0.750. The molecule has 0 amide bonds. The van der Waals surface area contributed by atoms with Crippen LogP contribution in [0, 0.1) is 5.41 Å². The summed E-state index contributed by atoms with van der Waals surface area (Å²) < 4.78 is 6.95. The van der Waals surface area contributed by atoms with Crippen molar-refractivity contribution in [2.75, 3.05) is 7.11 Å². The number of hydrogen-bond acceptors (Lipinski definition) is 4. The number of ether oxygens (including phenoxy) is 1. The monoisotopic (exact) mass is 239 g/mol. The maximum Gasteiger partial charge on any atom is 0.211 e. The van der Waals surface area contributed by atoms with Gasteiger partial charge < -0.3 is 4.74 Å². The number of ketones is 1. The van der Waals surface area contributed by atoms with Crippen LogP contribution in [0.1, 0.15) is 44.6 Å². The fourth-order valence-corrected chi connectivity index (χ4v) is 1.81. The first kappa shape index (κ1) is 13.8. The maximum atomic E-state index is 12.4. The van der Waals surface area contributed by atoms with Crippen LogP contribution in [-0.4, -0.2) is 34.0 Å². The van der Waals surface area contributed by atoms with Crippen molar-refractivity contribution in [1.29, 1.82) is 0 Å². The molecule has 0 aliphatic heterocycles. The normalized spacial score (nSPS) is 13.7. The maximum absolute atomic E-state index is 12.4. The molecule has 0 saturated heterocycles. The van der Waals surface area contributed by atoms with Gasteiger partial charge >= 0.3 is 0 Å². The molecular formula is C12H21N3O2. The molecule has 1 heterocycles. The highest BCUT2D eigenvalue weighted by Gasteiger charge is 2.33. The molecule has 5 nitrogen and oxygen atoms in total. The summed E-state index contributed by atoms with van der Waals surface area (Å²) in [4.78, 5) is 12.4. The first-order valence-corrected chi connectivity index (χ1v) is 5.87. The predicted octanol–water partition coefficient (Wildman–Crippen LogP) is 1.93. The highest BCUT2D eigenvalue weighted by Crippen LogP contribution is 2.24. The summed E-state index contributed by atoms with van der Waals surface area (Å²) in [6, 6.07) is 0. The zero-order valence-electron chi connectivity index (χ0n) is 11.2. The summed E-state index contributed by atoms with van der Waals surface area (Å²) in [6.45, 7) is 8.67. The van der Waals surface area contributed by atoms with Gasteiger partial charge in [-0.15, -0.1) is 5.10 Å². The molecule has 0 radical (unpaired) electrons. The molecule has 1 aromatic rings. The minimum Gasteiger partial charge on any atom is -0.373 e. The van der Waals surface area contributed by atoms with Gasteiger partial charge in [0, 0.05) is 13.7 Å². The standard InChI is InChI=1S/C12H21N3O2/c1-6-7-15-9(8-13-14-15)10(16)11(17-5)12(2,3)4/h8,11H,6-7H2,1-5H3. The molecule has 1 unspecified atom stereocenters. The van der Waals surface area contributed by atoms with E-state index in [0.29, 0.717) is 12.2 Å². The molecule has 1 rings (SSSR count). The molecule has 0 spiro atoms. The van der Waals surface area contributed by atoms with Crippen LogP contribution in [0.2, 0.25) is 0 Å². The second kappa shape index (κ2) is 5.40. The zero-order valence-corrected chi connectivity index (χ0v) is 11.2. The Morgan fingerprint density at radius 1 is 1.53 bits per heavy atom. The van der Waals surface area contributed by atoms with Crippen LogP contribution in [0.4, 0.5) is 0 Å². The van der Waals surface area contributed by atoms with Gasteiger partial charge in [-0.25, -0.2) is 4.68 Å². The van der Waals surface area contributed by atoms with Gasteiger partial charge in [-0.3, -0.25) is 4.79 Å². The number of carbonyl (C=O) groups is 1. The smallest absolute Gasteiger partial charge is 0.211 e. The van der Waals surface area contributed by atoms with E-state index in [0.717, 1.165) is 6.42 Å².